The summed E-state index contributed by atoms with van der Waals surface area (Å²) < 4.78 is 12.2. The summed E-state index contributed by atoms with van der Waals surface area (Å²) in [5.41, 5.74) is 7.32. The topological polar surface area (TPSA) is 44.5 Å². The molecule has 1 heterocycles. The molecule has 5 heteroatoms. The fourth-order valence-electron chi connectivity index (χ4n) is 1.89. The SMILES string of the molecule is CCC(N)C(Oc1ccc(OC)cc1Br)c1ccsc1. The molecule has 0 radical (unpaired) electrons. The molecule has 3 nitrogen and oxygen atoms in total. The number of hydrogen-bond donors (Lipinski definition) is 1. The second-order valence-electron chi connectivity index (χ2n) is 4.46. The smallest absolute Gasteiger partial charge is 0.140 e. The maximum Gasteiger partial charge on any atom is 0.140 e. The largest absolute Gasteiger partial charge is 0.497 e. The van der Waals surface area contributed by atoms with E-state index in [0.29, 0.717) is 0 Å². The monoisotopic (exact) mass is 355 g/mol. The Hall–Kier alpha value is -1.04. The van der Waals surface area contributed by atoms with Gasteiger partial charge in [-0.15, -0.1) is 0 Å². The summed E-state index contributed by atoms with van der Waals surface area (Å²) in [6.45, 7) is 2.07. The van der Waals surface area contributed by atoms with E-state index in [2.05, 4.69) is 34.3 Å². The lowest BCUT2D eigenvalue weighted by molar-refractivity contribution is 0.170. The van der Waals surface area contributed by atoms with Gasteiger partial charge in [0.2, 0.25) is 0 Å². The third-order valence-electron chi connectivity index (χ3n) is 3.12. The Morgan fingerprint density at radius 3 is 2.70 bits per heavy atom. The first kappa shape index (κ1) is 15.4. The maximum absolute atomic E-state index is 6.20. The molecule has 2 N–H and O–H groups in total. The summed E-state index contributed by atoms with van der Waals surface area (Å²) in [6.07, 6.45) is 0.713. The lowest BCUT2D eigenvalue weighted by Crippen LogP contribution is -2.31. The fourth-order valence-corrected chi connectivity index (χ4v) is 3.03. The predicted octanol–water partition coefficient (Wildman–Crippen LogP) is 4.38. The van der Waals surface area contributed by atoms with Gasteiger partial charge in [0, 0.05) is 11.6 Å². The van der Waals surface area contributed by atoms with E-state index < -0.39 is 0 Å². The van der Waals surface area contributed by atoms with Crippen LogP contribution in [0.25, 0.3) is 0 Å². The molecule has 2 aromatic rings. The zero-order chi connectivity index (χ0) is 14.5. The van der Waals surface area contributed by atoms with E-state index in [1.54, 1.807) is 18.4 Å². The van der Waals surface area contributed by atoms with Crippen molar-refractivity contribution in [3.05, 3.63) is 45.1 Å². The number of benzene rings is 1. The first-order chi connectivity index (χ1) is 9.65. The van der Waals surface area contributed by atoms with Gasteiger partial charge >= 0.3 is 0 Å². The van der Waals surface area contributed by atoms with Gasteiger partial charge in [0.25, 0.3) is 0 Å². The lowest BCUT2D eigenvalue weighted by Gasteiger charge is -2.24. The highest BCUT2D eigenvalue weighted by Crippen LogP contribution is 2.34. The average Bonchev–Trinajstić information content (AvgIpc) is 2.99. The van der Waals surface area contributed by atoms with Gasteiger partial charge in [-0.3, -0.25) is 0 Å². The molecule has 0 saturated carbocycles. The molecule has 0 spiro atoms. The van der Waals surface area contributed by atoms with Crippen molar-refractivity contribution in [3.8, 4) is 11.5 Å². The summed E-state index contributed by atoms with van der Waals surface area (Å²) >= 11 is 5.16. The standard InChI is InChI=1S/C15H18BrNO2S/c1-3-13(17)15(10-6-7-20-9-10)19-14-5-4-11(18-2)8-12(14)16/h4-9,13,15H,3,17H2,1-2H3. The minimum atomic E-state index is -0.143. The number of nitrogens with two attached hydrogens (primary N) is 1. The van der Waals surface area contributed by atoms with E-state index in [-0.39, 0.29) is 12.1 Å². The van der Waals surface area contributed by atoms with Crippen molar-refractivity contribution in [2.24, 2.45) is 5.73 Å². The van der Waals surface area contributed by atoms with E-state index >= 15 is 0 Å². The van der Waals surface area contributed by atoms with Crippen LogP contribution in [0.1, 0.15) is 25.0 Å². The van der Waals surface area contributed by atoms with Gasteiger partial charge in [0.1, 0.15) is 17.6 Å². The molecule has 0 fully saturated rings. The van der Waals surface area contributed by atoms with Crippen molar-refractivity contribution in [1.82, 2.24) is 0 Å². The minimum Gasteiger partial charge on any atom is -0.497 e. The van der Waals surface area contributed by atoms with Crippen LogP contribution in [-0.4, -0.2) is 13.2 Å². The van der Waals surface area contributed by atoms with Crippen molar-refractivity contribution < 1.29 is 9.47 Å². The van der Waals surface area contributed by atoms with Crippen molar-refractivity contribution in [1.29, 1.82) is 0 Å². The summed E-state index contributed by atoms with van der Waals surface area (Å²) in [7, 11) is 1.64. The van der Waals surface area contributed by atoms with Gasteiger partial charge in [-0.25, -0.2) is 0 Å². The number of ether oxygens (including phenoxy) is 2. The molecule has 0 amide bonds. The molecule has 2 rings (SSSR count). The number of thiophene rings is 1. The molecule has 1 aromatic heterocycles. The first-order valence-electron chi connectivity index (χ1n) is 6.43. The van der Waals surface area contributed by atoms with Crippen LogP contribution in [0.5, 0.6) is 11.5 Å². The van der Waals surface area contributed by atoms with E-state index in [4.69, 9.17) is 15.2 Å². The second-order valence-corrected chi connectivity index (χ2v) is 6.10. The quantitative estimate of drug-likeness (QED) is 0.836. The van der Waals surface area contributed by atoms with Crippen molar-refractivity contribution in [3.63, 3.8) is 0 Å². The fraction of sp³-hybridized carbons (Fsp3) is 0.333. The molecule has 0 aliphatic carbocycles. The van der Waals surface area contributed by atoms with E-state index in [9.17, 15) is 0 Å². The predicted molar refractivity (Wildman–Crippen MR) is 86.6 cm³/mol. The summed E-state index contributed by atoms with van der Waals surface area (Å²) in [5.74, 6) is 1.56. The molecule has 20 heavy (non-hydrogen) atoms. The highest BCUT2D eigenvalue weighted by Gasteiger charge is 2.22. The van der Waals surface area contributed by atoms with Crippen LogP contribution in [0.3, 0.4) is 0 Å². The van der Waals surface area contributed by atoms with Crippen LogP contribution in [0.15, 0.2) is 39.5 Å². The van der Waals surface area contributed by atoms with Crippen LogP contribution >= 0.6 is 27.3 Å². The summed E-state index contributed by atoms with van der Waals surface area (Å²) in [6, 6.07) is 7.67. The van der Waals surface area contributed by atoms with Crippen molar-refractivity contribution >= 4 is 27.3 Å². The van der Waals surface area contributed by atoms with Gasteiger partial charge in [0.05, 0.1) is 11.6 Å². The molecule has 1 aromatic carbocycles. The number of rotatable bonds is 6. The maximum atomic E-state index is 6.20. The third-order valence-corrected chi connectivity index (χ3v) is 4.45. The van der Waals surface area contributed by atoms with Gasteiger partial charge < -0.3 is 15.2 Å². The van der Waals surface area contributed by atoms with Crippen LogP contribution in [0, 0.1) is 0 Å². The molecule has 108 valence electrons. The lowest BCUT2D eigenvalue weighted by atomic mass is 10.0. The molecule has 0 aliphatic rings. The van der Waals surface area contributed by atoms with Gasteiger partial charge in [-0.2, -0.15) is 11.3 Å². The molecule has 0 bridgehead atoms. The normalized spacial score (nSPS) is 13.8. The Labute approximate surface area is 131 Å². The van der Waals surface area contributed by atoms with Crippen molar-refractivity contribution in [2.75, 3.05) is 7.11 Å². The highest BCUT2D eigenvalue weighted by atomic mass is 79.9. The summed E-state index contributed by atoms with van der Waals surface area (Å²) in [5, 5.41) is 4.12. The summed E-state index contributed by atoms with van der Waals surface area (Å²) in [4.78, 5) is 0. The van der Waals surface area contributed by atoms with Crippen LogP contribution in [0.2, 0.25) is 0 Å². The number of methoxy groups -OCH3 is 1. The van der Waals surface area contributed by atoms with E-state index in [1.165, 1.54) is 0 Å². The Kier molecular flexibility index (Phi) is 5.46. The van der Waals surface area contributed by atoms with E-state index in [1.807, 2.05) is 23.6 Å². The Morgan fingerprint density at radius 2 is 2.15 bits per heavy atom. The second kappa shape index (κ2) is 7.11. The number of hydrogen-bond acceptors (Lipinski definition) is 4. The zero-order valence-corrected chi connectivity index (χ0v) is 13.9. The van der Waals surface area contributed by atoms with Crippen LogP contribution in [0.4, 0.5) is 0 Å². The molecular weight excluding hydrogens is 338 g/mol. The van der Waals surface area contributed by atoms with Gasteiger partial charge in [-0.1, -0.05) is 6.92 Å². The highest BCUT2D eigenvalue weighted by molar-refractivity contribution is 9.10. The van der Waals surface area contributed by atoms with Crippen LogP contribution < -0.4 is 15.2 Å². The zero-order valence-electron chi connectivity index (χ0n) is 11.5. The third kappa shape index (κ3) is 3.53. The Balaban J connectivity index is 2.24. The molecule has 2 atom stereocenters. The Morgan fingerprint density at radius 1 is 1.35 bits per heavy atom. The van der Waals surface area contributed by atoms with E-state index in [0.717, 1.165) is 28.0 Å². The first-order valence-corrected chi connectivity index (χ1v) is 8.17. The van der Waals surface area contributed by atoms with Crippen molar-refractivity contribution in [2.45, 2.75) is 25.5 Å². The van der Waals surface area contributed by atoms with Gasteiger partial charge in [0.15, 0.2) is 0 Å². The molecule has 0 aliphatic heterocycles. The molecular formula is C15H18BrNO2S. The minimum absolute atomic E-state index is 0.0430. The number of halogens is 1. The Bertz CT molecular complexity index is 545. The molecule has 2 unspecified atom stereocenters. The van der Waals surface area contributed by atoms with Crippen LogP contribution in [-0.2, 0) is 0 Å². The van der Waals surface area contributed by atoms with Gasteiger partial charge in [-0.05, 0) is 57.4 Å². The molecule has 0 saturated heterocycles. The average molecular weight is 356 g/mol.